The Morgan fingerprint density at radius 2 is 1.82 bits per heavy atom. The molecule has 2 amide bonds. The van der Waals surface area contributed by atoms with Crippen molar-refractivity contribution in [3.8, 4) is 22.9 Å². The zero-order valence-electron chi connectivity index (χ0n) is 19.3. The lowest BCUT2D eigenvalue weighted by Gasteiger charge is -2.20. The molecular formula is C24H27ClN4O5. The normalized spacial score (nSPS) is 10.6. The van der Waals surface area contributed by atoms with E-state index < -0.39 is 0 Å². The van der Waals surface area contributed by atoms with Crippen molar-refractivity contribution in [2.75, 3.05) is 27.3 Å². The van der Waals surface area contributed by atoms with Gasteiger partial charge in [0, 0.05) is 36.5 Å². The van der Waals surface area contributed by atoms with E-state index in [-0.39, 0.29) is 31.2 Å². The molecule has 1 N–H and O–H groups in total. The highest BCUT2D eigenvalue weighted by atomic mass is 35.5. The van der Waals surface area contributed by atoms with Gasteiger partial charge in [-0.1, -0.05) is 28.9 Å². The number of methoxy groups -OCH3 is 2. The molecule has 180 valence electrons. The monoisotopic (exact) mass is 486 g/mol. The van der Waals surface area contributed by atoms with Crippen LogP contribution in [0, 0.1) is 0 Å². The average Bonchev–Trinajstić information content (AvgIpc) is 3.34. The molecular weight excluding hydrogens is 460 g/mol. The van der Waals surface area contributed by atoms with E-state index in [1.54, 1.807) is 44.6 Å². The summed E-state index contributed by atoms with van der Waals surface area (Å²) in [6.07, 6.45) is 0.411. The molecule has 0 atom stereocenters. The molecule has 3 rings (SSSR count). The number of amides is 2. The van der Waals surface area contributed by atoms with Gasteiger partial charge in [0.15, 0.2) is 11.5 Å². The largest absolute Gasteiger partial charge is 0.493 e. The van der Waals surface area contributed by atoms with Gasteiger partial charge in [-0.15, -0.1) is 0 Å². The predicted molar refractivity (Wildman–Crippen MR) is 127 cm³/mol. The number of halogens is 1. The molecule has 1 aromatic heterocycles. The van der Waals surface area contributed by atoms with Gasteiger partial charge in [0.05, 0.1) is 20.8 Å². The molecule has 0 aliphatic rings. The van der Waals surface area contributed by atoms with Crippen LogP contribution < -0.4 is 14.8 Å². The molecule has 0 aliphatic heterocycles. The number of aromatic nitrogens is 2. The fourth-order valence-electron chi connectivity index (χ4n) is 3.23. The lowest BCUT2D eigenvalue weighted by Crippen LogP contribution is -2.40. The minimum atomic E-state index is -0.237. The molecule has 1 heterocycles. The van der Waals surface area contributed by atoms with Crippen molar-refractivity contribution in [1.29, 1.82) is 0 Å². The van der Waals surface area contributed by atoms with Gasteiger partial charge in [0.25, 0.3) is 0 Å². The summed E-state index contributed by atoms with van der Waals surface area (Å²) < 4.78 is 15.8. The number of carbonyl (C=O) groups is 2. The molecule has 0 saturated heterocycles. The number of nitrogens with zero attached hydrogens (tertiary/aromatic N) is 3. The average molecular weight is 487 g/mol. The van der Waals surface area contributed by atoms with E-state index in [2.05, 4.69) is 15.5 Å². The van der Waals surface area contributed by atoms with Gasteiger partial charge in [0.2, 0.25) is 23.5 Å². The van der Waals surface area contributed by atoms with E-state index in [1.165, 1.54) is 4.90 Å². The van der Waals surface area contributed by atoms with E-state index >= 15 is 0 Å². The number of benzene rings is 2. The summed E-state index contributed by atoms with van der Waals surface area (Å²) in [5, 5.41) is 7.44. The summed E-state index contributed by atoms with van der Waals surface area (Å²) in [5.41, 5.74) is 1.63. The van der Waals surface area contributed by atoms with Crippen LogP contribution in [-0.2, 0) is 22.6 Å². The first-order chi connectivity index (χ1) is 16.4. The summed E-state index contributed by atoms with van der Waals surface area (Å²) in [6, 6.07) is 12.5. The Bertz CT molecular complexity index is 1120. The van der Waals surface area contributed by atoms with Crippen LogP contribution in [-0.4, -0.2) is 54.2 Å². The van der Waals surface area contributed by atoms with Gasteiger partial charge in [0.1, 0.15) is 0 Å². The van der Waals surface area contributed by atoms with E-state index in [1.807, 2.05) is 19.1 Å². The lowest BCUT2D eigenvalue weighted by atomic mass is 10.2. The fraction of sp³-hybridized carbons (Fsp3) is 0.333. The number of ether oxygens (including phenoxy) is 2. The third-order valence-electron chi connectivity index (χ3n) is 5.13. The molecule has 0 saturated carbocycles. The van der Waals surface area contributed by atoms with Crippen molar-refractivity contribution in [2.45, 2.75) is 26.3 Å². The maximum Gasteiger partial charge on any atom is 0.239 e. The predicted octanol–water partition coefficient (Wildman–Crippen LogP) is 3.50. The first kappa shape index (κ1) is 25.0. The van der Waals surface area contributed by atoms with Gasteiger partial charge in [-0.3, -0.25) is 9.59 Å². The van der Waals surface area contributed by atoms with Gasteiger partial charge >= 0.3 is 0 Å². The minimum absolute atomic E-state index is 0.0242. The van der Waals surface area contributed by atoms with Crippen LogP contribution >= 0.6 is 11.6 Å². The lowest BCUT2D eigenvalue weighted by molar-refractivity contribution is -0.135. The van der Waals surface area contributed by atoms with Gasteiger partial charge in [-0.2, -0.15) is 4.98 Å². The third kappa shape index (κ3) is 6.71. The highest BCUT2D eigenvalue weighted by Gasteiger charge is 2.18. The van der Waals surface area contributed by atoms with Crippen molar-refractivity contribution in [2.24, 2.45) is 0 Å². The van der Waals surface area contributed by atoms with Crippen LogP contribution in [0.1, 0.15) is 24.8 Å². The standard InChI is InChI=1S/C24H27ClN4O5/c1-4-29(15-21(30)26-14-16-5-8-18(25)9-6-16)23(31)12-11-22-27-24(28-34-22)17-7-10-19(32-2)20(13-17)33-3/h5-10,13H,4,11-12,14-15H2,1-3H3,(H,26,30). The zero-order valence-corrected chi connectivity index (χ0v) is 20.1. The van der Waals surface area contributed by atoms with Gasteiger partial charge < -0.3 is 24.2 Å². The number of hydrogen-bond acceptors (Lipinski definition) is 7. The number of hydrogen-bond donors (Lipinski definition) is 1. The van der Waals surface area contributed by atoms with Crippen LogP contribution in [0.15, 0.2) is 47.0 Å². The Balaban J connectivity index is 1.51. The van der Waals surface area contributed by atoms with Gasteiger partial charge in [-0.25, -0.2) is 0 Å². The second-order valence-corrected chi connectivity index (χ2v) is 7.83. The summed E-state index contributed by atoms with van der Waals surface area (Å²) in [7, 11) is 3.11. The summed E-state index contributed by atoms with van der Waals surface area (Å²) in [6.45, 7) is 2.58. The fourth-order valence-corrected chi connectivity index (χ4v) is 3.36. The number of rotatable bonds is 11. The van der Waals surface area contributed by atoms with Crippen molar-refractivity contribution in [1.82, 2.24) is 20.4 Å². The Morgan fingerprint density at radius 3 is 2.50 bits per heavy atom. The number of aryl methyl sites for hydroxylation is 1. The summed E-state index contributed by atoms with van der Waals surface area (Å²) in [4.78, 5) is 30.8. The highest BCUT2D eigenvalue weighted by Crippen LogP contribution is 2.31. The molecule has 10 heteroatoms. The van der Waals surface area contributed by atoms with E-state index in [0.717, 1.165) is 5.56 Å². The molecule has 0 bridgehead atoms. The quantitative estimate of drug-likeness (QED) is 0.442. The highest BCUT2D eigenvalue weighted by molar-refractivity contribution is 6.30. The minimum Gasteiger partial charge on any atom is -0.493 e. The Labute approximate surface area is 203 Å². The van der Waals surface area contributed by atoms with Crippen LogP contribution in [0.5, 0.6) is 11.5 Å². The molecule has 0 radical (unpaired) electrons. The first-order valence-corrected chi connectivity index (χ1v) is 11.1. The molecule has 9 nitrogen and oxygen atoms in total. The van der Waals surface area contributed by atoms with Gasteiger partial charge in [-0.05, 0) is 42.8 Å². The Morgan fingerprint density at radius 1 is 1.09 bits per heavy atom. The van der Waals surface area contributed by atoms with E-state index in [9.17, 15) is 9.59 Å². The Kier molecular flexibility index (Phi) is 8.86. The Hall–Kier alpha value is -3.59. The topological polar surface area (TPSA) is 107 Å². The van der Waals surface area contributed by atoms with E-state index in [0.29, 0.717) is 46.9 Å². The van der Waals surface area contributed by atoms with Crippen LogP contribution in [0.3, 0.4) is 0 Å². The molecule has 0 unspecified atom stereocenters. The second-order valence-electron chi connectivity index (χ2n) is 7.39. The van der Waals surface area contributed by atoms with Crippen LogP contribution in [0.2, 0.25) is 5.02 Å². The SMILES string of the molecule is CCN(CC(=O)NCc1ccc(Cl)cc1)C(=O)CCc1nc(-c2ccc(OC)c(OC)c2)no1. The first-order valence-electron chi connectivity index (χ1n) is 10.8. The van der Waals surface area contributed by atoms with Crippen molar-refractivity contribution < 1.29 is 23.6 Å². The number of likely N-dealkylation sites (N-methyl/N-ethyl adjacent to an activating group) is 1. The molecule has 0 fully saturated rings. The maximum absolute atomic E-state index is 12.6. The van der Waals surface area contributed by atoms with Crippen LogP contribution in [0.25, 0.3) is 11.4 Å². The van der Waals surface area contributed by atoms with E-state index in [4.69, 9.17) is 25.6 Å². The molecule has 0 aliphatic carbocycles. The van der Waals surface area contributed by atoms with Crippen molar-refractivity contribution >= 4 is 23.4 Å². The third-order valence-corrected chi connectivity index (χ3v) is 5.39. The molecule has 34 heavy (non-hydrogen) atoms. The van der Waals surface area contributed by atoms with Crippen molar-refractivity contribution in [3.63, 3.8) is 0 Å². The molecule has 2 aromatic carbocycles. The number of carbonyl (C=O) groups excluding carboxylic acids is 2. The molecule has 3 aromatic rings. The van der Waals surface area contributed by atoms with Crippen LogP contribution in [0.4, 0.5) is 0 Å². The number of nitrogens with one attached hydrogen (secondary N) is 1. The van der Waals surface area contributed by atoms with Crippen molar-refractivity contribution in [3.05, 3.63) is 58.9 Å². The smallest absolute Gasteiger partial charge is 0.239 e. The second kappa shape index (κ2) is 12.0. The summed E-state index contributed by atoms with van der Waals surface area (Å²) in [5.74, 6) is 1.46. The zero-order chi connectivity index (χ0) is 24.5. The maximum atomic E-state index is 12.6. The summed E-state index contributed by atoms with van der Waals surface area (Å²) >= 11 is 5.87. The molecule has 0 spiro atoms.